The minimum atomic E-state index is -0.353. The fourth-order valence-corrected chi connectivity index (χ4v) is 2.56. The van der Waals surface area contributed by atoms with Crippen LogP contribution in [0.15, 0.2) is 17.5 Å². The van der Waals surface area contributed by atoms with E-state index in [1.165, 1.54) is 4.88 Å². The van der Waals surface area contributed by atoms with E-state index in [0.29, 0.717) is 12.5 Å². The molecule has 0 spiro atoms. The van der Waals surface area contributed by atoms with Gasteiger partial charge in [-0.2, -0.15) is 0 Å². The largest absolute Gasteiger partial charge is 0.354 e. The minimum absolute atomic E-state index is 0. The number of hydrogen-bond donors (Lipinski definition) is 2. The van der Waals surface area contributed by atoms with Crippen LogP contribution in [0.4, 0.5) is 0 Å². The molecule has 0 saturated heterocycles. The summed E-state index contributed by atoms with van der Waals surface area (Å²) in [4.78, 5) is 13.0. The van der Waals surface area contributed by atoms with Gasteiger partial charge in [0.2, 0.25) is 5.91 Å². The quantitative estimate of drug-likeness (QED) is 0.811. The molecule has 1 aromatic heterocycles. The number of rotatable bonds is 7. The first-order chi connectivity index (χ1) is 8.13. The van der Waals surface area contributed by atoms with Crippen LogP contribution in [0, 0.1) is 5.92 Å². The van der Waals surface area contributed by atoms with Gasteiger partial charge >= 0.3 is 0 Å². The number of carbonyl (C=O) groups is 1. The molecule has 0 aliphatic heterocycles. The van der Waals surface area contributed by atoms with Crippen molar-refractivity contribution in [3.05, 3.63) is 22.4 Å². The van der Waals surface area contributed by atoms with Gasteiger partial charge in [-0.05, 0) is 30.2 Å². The van der Waals surface area contributed by atoms with Gasteiger partial charge in [0.25, 0.3) is 0 Å². The van der Waals surface area contributed by atoms with Gasteiger partial charge < -0.3 is 11.1 Å². The standard InChI is InChI=1S/C13H22N2OS.ClH/c1-3-5-12(14)13(16)15-9-10(2)8-11-6-4-7-17-11;/h4,6-7,10,12H,3,5,8-9,14H2,1-2H3,(H,15,16);1H. The van der Waals surface area contributed by atoms with Crippen LogP contribution < -0.4 is 11.1 Å². The van der Waals surface area contributed by atoms with Crippen LogP contribution in [0.1, 0.15) is 31.6 Å². The lowest BCUT2D eigenvalue weighted by atomic mass is 10.1. The molecule has 1 amide bonds. The SMILES string of the molecule is CCCC(N)C(=O)NCC(C)Cc1cccs1.Cl. The summed E-state index contributed by atoms with van der Waals surface area (Å²) in [7, 11) is 0. The summed E-state index contributed by atoms with van der Waals surface area (Å²) in [6.07, 6.45) is 2.71. The van der Waals surface area contributed by atoms with E-state index in [9.17, 15) is 4.79 Å². The predicted molar refractivity (Wildman–Crippen MR) is 80.3 cm³/mol. The highest BCUT2D eigenvalue weighted by atomic mass is 35.5. The average Bonchev–Trinajstić information content (AvgIpc) is 2.79. The number of hydrogen-bond acceptors (Lipinski definition) is 3. The Morgan fingerprint density at radius 3 is 2.83 bits per heavy atom. The molecule has 0 aromatic carbocycles. The number of nitrogens with two attached hydrogens (primary N) is 1. The van der Waals surface area contributed by atoms with Crippen LogP contribution in [-0.4, -0.2) is 18.5 Å². The number of amides is 1. The average molecular weight is 291 g/mol. The zero-order valence-corrected chi connectivity index (χ0v) is 12.7. The second-order valence-electron chi connectivity index (χ2n) is 4.53. The number of halogens is 1. The molecule has 1 heterocycles. The molecule has 0 saturated carbocycles. The molecule has 0 radical (unpaired) electrons. The third-order valence-electron chi connectivity index (χ3n) is 2.69. The zero-order valence-electron chi connectivity index (χ0n) is 11.0. The highest BCUT2D eigenvalue weighted by molar-refractivity contribution is 7.09. The van der Waals surface area contributed by atoms with E-state index in [-0.39, 0.29) is 24.4 Å². The second kappa shape index (κ2) is 9.36. The van der Waals surface area contributed by atoms with Gasteiger partial charge in [-0.15, -0.1) is 23.7 Å². The maximum Gasteiger partial charge on any atom is 0.236 e. The molecule has 0 aliphatic rings. The first-order valence-corrected chi connectivity index (χ1v) is 7.07. The molecule has 5 heteroatoms. The summed E-state index contributed by atoms with van der Waals surface area (Å²) in [6.45, 7) is 4.88. The van der Waals surface area contributed by atoms with Crippen LogP contribution in [-0.2, 0) is 11.2 Å². The van der Waals surface area contributed by atoms with E-state index in [1.807, 2.05) is 6.92 Å². The second-order valence-corrected chi connectivity index (χ2v) is 5.56. The van der Waals surface area contributed by atoms with Crippen molar-refractivity contribution in [1.29, 1.82) is 0 Å². The smallest absolute Gasteiger partial charge is 0.236 e. The number of nitrogens with one attached hydrogen (secondary N) is 1. The minimum Gasteiger partial charge on any atom is -0.354 e. The van der Waals surface area contributed by atoms with Gasteiger partial charge in [-0.3, -0.25) is 4.79 Å². The first kappa shape index (κ1) is 17.4. The molecular weight excluding hydrogens is 268 g/mol. The summed E-state index contributed by atoms with van der Waals surface area (Å²) in [6, 6.07) is 3.84. The predicted octanol–water partition coefficient (Wildman–Crippen LogP) is 2.59. The highest BCUT2D eigenvalue weighted by Crippen LogP contribution is 2.13. The Morgan fingerprint density at radius 1 is 1.56 bits per heavy atom. The topological polar surface area (TPSA) is 55.1 Å². The van der Waals surface area contributed by atoms with E-state index in [4.69, 9.17) is 5.73 Å². The molecule has 3 nitrogen and oxygen atoms in total. The molecule has 18 heavy (non-hydrogen) atoms. The van der Waals surface area contributed by atoms with Gasteiger partial charge in [0.15, 0.2) is 0 Å². The van der Waals surface area contributed by atoms with Gasteiger partial charge in [-0.1, -0.05) is 26.3 Å². The Labute approximate surface area is 120 Å². The lowest BCUT2D eigenvalue weighted by Crippen LogP contribution is -2.42. The van der Waals surface area contributed by atoms with E-state index in [1.54, 1.807) is 11.3 Å². The Hall–Kier alpha value is -0.580. The van der Waals surface area contributed by atoms with Crippen molar-refractivity contribution in [3.8, 4) is 0 Å². The van der Waals surface area contributed by atoms with Crippen molar-refractivity contribution >= 4 is 29.7 Å². The fourth-order valence-electron chi connectivity index (χ4n) is 1.69. The monoisotopic (exact) mass is 290 g/mol. The van der Waals surface area contributed by atoms with E-state index in [2.05, 4.69) is 29.8 Å². The summed E-state index contributed by atoms with van der Waals surface area (Å²) < 4.78 is 0. The van der Waals surface area contributed by atoms with Crippen molar-refractivity contribution in [1.82, 2.24) is 5.32 Å². The van der Waals surface area contributed by atoms with E-state index in [0.717, 1.165) is 19.3 Å². The summed E-state index contributed by atoms with van der Waals surface area (Å²) in [5, 5.41) is 5.00. The van der Waals surface area contributed by atoms with Crippen LogP contribution in [0.25, 0.3) is 0 Å². The lowest BCUT2D eigenvalue weighted by Gasteiger charge is -2.14. The molecule has 3 N–H and O–H groups in total. The van der Waals surface area contributed by atoms with E-state index >= 15 is 0 Å². The molecule has 0 fully saturated rings. The van der Waals surface area contributed by atoms with Crippen molar-refractivity contribution in [2.45, 2.75) is 39.2 Å². The first-order valence-electron chi connectivity index (χ1n) is 6.19. The third-order valence-corrected chi connectivity index (χ3v) is 3.59. The molecule has 2 unspecified atom stereocenters. The maximum atomic E-state index is 11.6. The van der Waals surface area contributed by atoms with Crippen molar-refractivity contribution in [2.75, 3.05) is 6.54 Å². The molecule has 1 aromatic rings. The Bertz CT molecular complexity index is 330. The molecule has 0 aliphatic carbocycles. The molecular formula is C13H23ClN2OS. The van der Waals surface area contributed by atoms with Gasteiger partial charge in [0, 0.05) is 11.4 Å². The van der Waals surface area contributed by atoms with Crippen LogP contribution in [0.3, 0.4) is 0 Å². The van der Waals surface area contributed by atoms with Crippen molar-refractivity contribution < 1.29 is 4.79 Å². The summed E-state index contributed by atoms with van der Waals surface area (Å²) in [5.74, 6) is 0.427. The lowest BCUT2D eigenvalue weighted by molar-refractivity contribution is -0.122. The van der Waals surface area contributed by atoms with Gasteiger partial charge in [0.1, 0.15) is 0 Å². The Kier molecular flexibility index (Phi) is 9.06. The zero-order chi connectivity index (χ0) is 12.7. The van der Waals surface area contributed by atoms with Crippen molar-refractivity contribution in [2.24, 2.45) is 11.7 Å². The Morgan fingerprint density at radius 2 is 2.28 bits per heavy atom. The Balaban J connectivity index is 0.00000289. The van der Waals surface area contributed by atoms with Crippen LogP contribution in [0.2, 0.25) is 0 Å². The maximum absolute atomic E-state index is 11.6. The number of carbonyl (C=O) groups excluding carboxylic acids is 1. The van der Waals surface area contributed by atoms with Gasteiger partial charge in [0.05, 0.1) is 6.04 Å². The van der Waals surface area contributed by atoms with Gasteiger partial charge in [-0.25, -0.2) is 0 Å². The fraction of sp³-hybridized carbons (Fsp3) is 0.615. The summed E-state index contributed by atoms with van der Waals surface area (Å²) >= 11 is 1.76. The normalized spacial score (nSPS) is 13.5. The summed E-state index contributed by atoms with van der Waals surface area (Å²) in [5.41, 5.74) is 5.74. The number of thiophene rings is 1. The van der Waals surface area contributed by atoms with Crippen LogP contribution >= 0.6 is 23.7 Å². The highest BCUT2D eigenvalue weighted by Gasteiger charge is 2.13. The molecule has 104 valence electrons. The van der Waals surface area contributed by atoms with Crippen LogP contribution in [0.5, 0.6) is 0 Å². The molecule has 1 rings (SSSR count). The molecule has 0 bridgehead atoms. The van der Waals surface area contributed by atoms with E-state index < -0.39 is 0 Å². The third kappa shape index (κ3) is 6.38. The van der Waals surface area contributed by atoms with Crippen molar-refractivity contribution in [3.63, 3.8) is 0 Å². The molecule has 2 atom stereocenters.